The molecule has 0 aromatic carbocycles. The van der Waals surface area contributed by atoms with Crippen molar-refractivity contribution in [3.05, 3.63) is 0 Å². The zero-order chi connectivity index (χ0) is 14.3. The van der Waals surface area contributed by atoms with Gasteiger partial charge in [0, 0.05) is 6.54 Å². The number of nitrogens with zero attached hydrogens (tertiary/aromatic N) is 1. The summed E-state index contributed by atoms with van der Waals surface area (Å²) >= 11 is 0. The van der Waals surface area contributed by atoms with Crippen LogP contribution in [0.1, 0.15) is 39.5 Å². The monoisotopic (exact) mass is 270 g/mol. The van der Waals surface area contributed by atoms with E-state index in [-0.39, 0.29) is 23.8 Å². The highest BCUT2D eigenvalue weighted by Gasteiger charge is 2.23. The van der Waals surface area contributed by atoms with Crippen LogP contribution in [-0.4, -0.2) is 49.6 Å². The van der Waals surface area contributed by atoms with Gasteiger partial charge in [-0.2, -0.15) is 0 Å². The molecule has 0 unspecified atom stereocenters. The van der Waals surface area contributed by atoms with E-state index in [1.54, 1.807) is 6.92 Å². The SMILES string of the molecule is COC(=O)[C@H](C)CNC(=O)[C@@H](C)N1CCCCCC1. The number of methoxy groups -OCH3 is 1. The van der Waals surface area contributed by atoms with Crippen LogP contribution >= 0.6 is 0 Å². The number of rotatable bonds is 5. The lowest BCUT2D eigenvalue weighted by Crippen LogP contribution is -2.47. The summed E-state index contributed by atoms with van der Waals surface area (Å²) in [4.78, 5) is 25.5. The molecule has 1 aliphatic heterocycles. The second-order valence-corrected chi connectivity index (χ2v) is 5.30. The molecule has 1 amide bonds. The summed E-state index contributed by atoms with van der Waals surface area (Å²) in [7, 11) is 1.36. The Labute approximate surface area is 115 Å². The standard InChI is InChI=1S/C14H26N2O3/c1-11(14(18)19-3)10-15-13(17)12(2)16-8-6-4-5-7-9-16/h11-12H,4-10H2,1-3H3,(H,15,17)/t11-,12-/m1/s1. The fourth-order valence-corrected chi connectivity index (χ4v) is 2.33. The number of likely N-dealkylation sites (tertiary alicyclic amines) is 1. The van der Waals surface area contributed by atoms with E-state index in [9.17, 15) is 9.59 Å². The van der Waals surface area contributed by atoms with Crippen LogP contribution in [-0.2, 0) is 14.3 Å². The van der Waals surface area contributed by atoms with E-state index in [0.29, 0.717) is 6.54 Å². The summed E-state index contributed by atoms with van der Waals surface area (Å²) in [5.41, 5.74) is 0. The van der Waals surface area contributed by atoms with Crippen molar-refractivity contribution in [2.75, 3.05) is 26.7 Å². The first-order chi connectivity index (χ1) is 9.06. The predicted molar refractivity (Wildman–Crippen MR) is 73.7 cm³/mol. The minimum atomic E-state index is -0.301. The highest BCUT2D eigenvalue weighted by atomic mass is 16.5. The van der Waals surface area contributed by atoms with Gasteiger partial charge in [-0.25, -0.2) is 0 Å². The lowest BCUT2D eigenvalue weighted by Gasteiger charge is -2.26. The molecule has 1 heterocycles. The van der Waals surface area contributed by atoms with Gasteiger partial charge in [0.15, 0.2) is 0 Å². The first kappa shape index (κ1) is 16.0. The average molecular weight is 270 g/mol. The van der Waals surface area contributed by atoms with E-state index in [4.69, 9.17) is 0 Å². The summed E-state index contributed by atoms with van der Waals surface area (Å²) in [5.74, 6) is -0.592. The topological polar surface area (TPSA) is 58.6 Å². The summed E-state index contributed by atoms with van der Waals surface area (Å²) in [6, 6.07) is -0.122. The molecule has 1 aliphatic rings. The molecule has 1 saturated heterocycles. The van der Waals surface area contributed by atoms with Gasteiger partial charge in [-0.05, 0) is 32.9 Å². The van der Waals surface area contributed by atoms with Crippen molar-refractivity contribution in [1.29, 1.82) is 0 Å². The molecule has 110 valence electrons. The largest absolute Gasteiger partial charge is 0.469 e. The number of nitrogens with one attached hydrogen (secondary N) is 1. The number of hydrogen-bond acceptors (Lipinski definition) is 4. The molecule has 1 rings (SSSR count). The molecular weight excluding hydrogens is 244 g/mol. The molecule has 1 fully saturated rings. The molecule has 0 spiro atoms. The predicted octanol–water partition coefficient (Wildman–Crippen LogP) is 1.18. The second-order valence-electron chi connectivity index (χ2n) is 5.30. The molecule has 0 saturated carbocycles. The lowest BCUT2D eigenvalue weighted by atomic mass is 10.1. The van der Waals surface area contributed by atoms with Crippen molar-refractivity contribution >= 4 is 11.9 Å². The van der Waals surface area contributed by atoms with Crippen LogP contribution in [0.2, 0.25) is 0 Å². The molecule has 19 heavy (non-hydrogen) atoms. The van der Waals surface area contributed by atoms with Crippen LogP contribution in [0, 0.1) is 5.92 Å². The van der Waals surface area contributed by atoms with Crippen LogP contribution in [0.5, 0.6) is 0 Å². The molecule has 2 atom stereocenters. The summed E-state index contributed by atoms with van der Waals surface area (Å²) < 4.78 is 4.64. The minimum Gasteiger partial charge on any atom is -0.469 e. The number of amides is 1. The quantitative estimate of drug-likeness (QED) is 0.762. The van der Waals surface area contributed by atoms with Crippen molar-refractivity contribution in [3.63, 3.8) is 0 Å². The molecule has 0 aromatic rings. The van der Waals surface area contributed by atoms with E-state index >= 15 is 0 Å². The average Bonchev–Trinajstić information content (AvgIpc) is 2.71. The van der Waals surface area contributed by atoms with E-state index in [2.05, 4.69) is 15.0 Å². The van der Waals surface area contributed by atoms with Gasteiger partial charge < -0.3 is 10.1 Å². The zero-order valence-corrected chi connectivity index (χ0v) is 12.3. The van der Waals surface area contributed by atoms with Gasteiger partial charge in [-0.3, -0.25) is 14.5 Å². The van der Waals surface area contributed by atoms with Crippen molar-refractivity contribution in [3.8, 4) is 0 Å². The van der Waals surface area contributed by atoms with Crippen LogP contribution < -0.4 is 5.32 Å². The number of esters is 1. The Balaban J connectivity index is 2.37. The van der Waals surface area contributed by atoms with Gasteiger partial charge in [0.1, 0.15) is 0 Å². The first-order valence-electron chi connectivity index (χ1n) is 7.16. The summed E-state index contributed by atoms with van der Waals surface area (Å²) in [6.45, 7) is 6.00. The molecule has 5 nitrogen and oxygen atoms in total. The van der Waals surface area contributed by atoms with Gasteiger partial charge >= 0.3 is 5.97 Å². The number of carbonyl (C=O) groups excluding carboxylic acids is 2. The van der Waals surface area contributed by atoms with Crippen LogP contribution in [0.3, 0.4) is 0 Å². The Bertz CT molecular complexity index is 299. The third-order valence-electron chi connectivity index (χ3n) is 3.75. The van der Waals surface area contributed by atoms with E-state index < -0.39 is 0 Å². The van der Waals surface area contributed by atoms with Crippen molar-refractivity contribution in [1.82, 2.24) is 10.2 Å². The summed E-state index contributed by atoms with van der Waals surface area (Å²) in [6.07, 6.45) is 4.83. The van der Waals surface area contributed by atoms with Crippen molar-refractivity contribution < 1.29 is 14.3 Å². The van der Waals surface area contributed by atoms with Crippen molar-refractivity contribution in [2.45, 2.75) is 45.6 Å². The lowest BCUT2D eigenvalue weighted by molar-refractivity contribution is -0.144. The third-order valence-corrected chi connectivity index (χ3v) is 3.75. The first-order valence-corrected chi connectivity index (χ1v) is 7.16. The Hall–Kier alpha value is -1.10. The fourth-order valence-electron chi connectivity index (χ4n) is 2.33. The smallest absolute Gasteiger partial charge is 0.310 e. The highest BCUT2D eigenvalue weighted by molar-refractivity contribution is 5.82. The van der Waals surface area contributed by atoms with E-state index in [1.807, 2.05) is 6.92 Å². The summed E-state index contributed by atoms with van der Waals surface area (Å²) in [5, 5.41) is 2.83. The maximum absolute atomic E-state index is 12.1. The zero-order valence-electron chi connectivity index (χ0n) is 12.3. The normalized spacial score (nSPS) is 20.2. The van der Waals surface area contributed by atoms with Gasteiger partial charge in [0.25, 0.3) is 0 Å². The highest BCUT2D eigenvalue weighted by Crippen LogP contribution is 2.12. The Kier molecular flexibility index (Phi) is 6.84. The molecule has 0 bridgehead atoms. The van der Waals surface area contributed by atoms with Crippen LogP contribution in [0.4, 0.5) is 0 Å². The van der Waals surface area contributed by atoms with Crippen molar-refractivity contribution in [2.24, 2.45) is 5.92 Å². The Morgan fingerprint density at radius 1 is 1.16 bits per heavy atom. The van der Waals surface area contributed by atoms with Gasteiger partial charge in [-0.15, -0.1) is 0 Å². The second kappa shape index (κ2) is 8.15. The third kappa shape index (κ3) is 5.19. The fraction of sp³-hybridized carbons (Fsp3) is 0.857. The van der Waals surface area contributed by atoms with Crippen LogP contribution in [0.15, 0.2) is 0 Å². The van der Waals surface area contributed by atoms with Gasteiger partial charge in [-0.1, -0.05) is 19.8 Å². The van der Waals surface area contributed by atoms with Gasteiger partial charge in [0.2, 0.25) is 5.91 Å². The van der Waals surface area contributed by atoms with Crippen LogP contribution in [0.25, 0.3) is 0 Å². The molecule has 0 aliphatic carbocycles. The molecule has 0 radical (unpaired) electrons. The molecule has 0 aromatic heterocycles. The van der Waals surface area contributed by atoms with E-state index in [1.165, 1.54) is 20.0 Å². The maximum Gasteiger partial charge on any atom is 0.310 e. The number of ether oxygens (including phenoxy) is 1. The molecule has 5 heteroatoms. The Morgan fingerprint density at radius 3 is 2.26 bits per heavy atom. The van der Waals surface area contributed by atoms with Gasteiger partial charge in [0.05, 0.1) is 19.1 Å². The minimum absolute atomic E-state index is 0.00217. The Morgan fingerprint density at radius 2 is 1.74 bits per heavy atom. The number of hydrogen-bond donors (Lipinski definition) is 1. The number of carbonyl (C=O) groups is 2. The maximum atomic E-state index is 12.1. The molecule has 1 N–H and O–H groups in total. The van der Waals surface area contributed by atoms with E-state index in [0.717, 1.165) is 25.9 Å². The molecular formula is C14H26N2O3.